The standard InChI is InChI=1S/C18H19BN2O6/c1-26-12-7-5-10(6-8-12)15(20)17(22)21-14-9-11-3-2-4-13(18(23)24)16(11)27-19(14)25/h2-8,14-15,25H,9,20H2,1H3,(H,21,22)(H,23,24)/t14-,15-/m0/s1. The number of nitrogens with two attached hydrogens (primary N) is 1. The van der Waals surface area contributed by atoms with Crippen LogP contribution in [-0.2, 0) is 11.2 Å². The first kappa shape index (κ1) is 18.7. The van der Waals surface area contributed by atoms with Crippen molar-refractivity contribution in [2.24, 2.45) is 5.73 Å². The number of para-hydroxylation sites is 1. The Bertz CT molecular complexity index is 857. The Labute approximate surface area is 156 Å². The monoisotopic (exact) mass is 370 g/mol. The van der Waals surface area contributed by atoms with Crippen LogP contribution in [0, 0.1) is 0 Å². The van der Waals surface area contributed by atoms with Crippen LogP contribution >= 0.6 is 0 Å². The van der Waals surface area contributed by atoms with E-state index < -0.39 is 31.0 Å². The highest BCUT2D eigenvalue weighted by Gasteiger charge is 2.38. The molecule has 1 heterocycles. The number of carboxylic acid groups (broad SMARTS) is 1. The van der Waals surface area contributed by atoms with Gasteiger partial charge in [0.25, 0.3) is 0 Å². The molecule has 1 aliphatic rings. The van der Waals surface area contributed by atoms with E-state index in [1.54, 1.807) is 43.5 Å². The van der Waals surface area contributed by atoms with Crippen LogP contribution in [-0.4, -0.2) is 42.2 Å². The molecule has 0 saturated carbocycles. The lowest BCUT2D eigenvalue weighted by Gasteiger charge is -2.29. The summed E-state index contributed by atoms with van der Waals surface area (Å²) in [7, 11) is 0.157. The predicted molar refractivity (Wildman–Crippen MR) is 97.6 cm³/mol. The fourth-order valence-electron chi connectivity index (χ4n) is 2.95. The maximum atomic E-state index is 12.5. The molecule has 0 fully saturated rings. The van der Waals surface area contributed by atoms with E-state index >= 15 is 0 Å². The Hall–Kier alpha value is -3.04. The van der Waals surface area contributed by atoms with Crippen molar-refractivity contribution in [2.75, 3.05) is 7.11 Å². The Morgan fingerprint density at radius 1 is 1.30 bits per heavy atom. The van der Waals surface area contributed by atoms with Crippen LogP contribution in [0.5, 0.6) is 11.5 Å². The van der Waals surface area contributed by atoms with Gasteiger partial charge in [-0.2, -0.15) is 0 Å². The zero-order chi connectivity index (χ0) is 19.6. The molecule has 1 aliphatic heterocycles. The third-order valence-electron chi connectivity index (χ3n) is 4.43. The molecular formula is C18H19BN2O6. The summed E-state index contributed by atoms with van der Waals surface area (Å²) in [6.07, 6.45) is 0.221. The molecular weight excluding hydrogens is 351 g/mol. The number of methoxy groups -OCH3 is 1. The Morgan fingerprint density at radius 3 is 2.63 bits per heavy atom. The SMILES string of the molecule is COc1ccc([C@H](N)C(=O)N[C@H]2Cc3cccc(C(=O)O)c3OB2O)cc1. The van der Waals surface area contributed by atoms with Crippen LogP contribution < -0.4 is 20.4 Å². The first-order valence-corrected chi connectivity index (χ1v) is 8.30. The molecule has 2 atom stereocenters. The summed E-state index contributed by atoms with van der Waals surface area (Å²) in [6.45, 7) is 0. The minimum Gasteiger partial charge on any atom is -0.534 e. The summed E-state index contributed by atoms with van der Waals surface area (Å²) < 4.78 is 10.4. The van der Waals surface area contributed by atoms with Gasteiger partial charge in [-0.15, -0.1) is 0 Å². The molecule has 2 aromatic rings. The van der Waals surface area contributed by atoms with Gasteiger partial charge < -0.3 is 30.6 Å². The van der Waals surface area contributed by atoms with Gasteiger partial charge in [-0.25, -0.2) is 4.79 Å². The van der Waals surface area contributed by atoms with Crippen molar-refractivity contribution in [1.82, 2.24) is 5.32 Å². The predicted octanol–water partition coefficient (Wildman–Crippen LogP) is 0.533. The number of carbonyl (C=O) groups excluding carboxylic acids is 1. The third kappa shape index (κ3) is 3.89. The van der Waals surface area contributed by atoms with E-state index in [2.05, 4.69) is 5.32 Å². The van der Waals surface area contributed by atoms with Crippen LogP contribution in [0.2, 0.25) is 0 Å². The van der Waals surface area contributed by atoms with E-state index in [1.807, 2.05) is 0 Å². The highest BCUT2D eigenvalue weighted by atomic mass is 16.5. The molecule has 1 amide bonds. The number of amides is 1. The summed E-state index contributed by atoms with van der Waals surface area (Å²) >= 11 is 0. The van der Waals surface area contributed by atoms with Gasteiger partial charge >= 0.3 is 13.1 Å². The summed E-state index contributed by atoms with van der Waals surface area (Å²) in [6, 6.07) is 10.5. The first-order valence-electron chi connectivity index (χ1n) is 8.30. The fourth-order valence-corrected chi connectivity index (χ4v) is 2.95. The second-order valence-electron chi connectivity index (χ2n) is 6.18. The molecule has 8 nitrogen and oxygen atoms in total. The quantitative estimate of drug-likeness (QED) is 0.565. The van der Waals surface area contributed by atoms with Crippen LogP contribution in [0.1, 0.15) is 27.5 Å². The number of benzene rings is 2. The highest BCUT2D eigenvalue weighted by Crippen LogP contribution is 2.30. The minimum atomic E-state index is -1.38. The number of hydrogen-bond acceptors (Lipinski definition) is 6. The summed E-state index contributed by atoms with van der Waals surface area (Å²) in [5.41, 5.74) is 7.14. The average Bonchev–Trinajstić information content (AvgIpc) is 2.67. The zero-order valence-corrected chi connectivity index (χ0v) is 14.6. The van der Waals surface area contributed by atoms with E-state index in [1.165, 1.54) is 6.07 Å². The van der Waals surface area contributed by atoms with Crippen LogP contribution in [0.3, 0.4) is 0 Å². The van der Waals surface area contributed by atoms with Crippen molar-refractivity contribution < 1.29 is 29.1 Å². The maximum Gasteiger partial charge on any atom is 0.547 e. The Balaban J connectivity index is 1.73. The van der Waals surface area contributed by atoms with Gasteiger partial charge in [-0.05, 0) is 35.7 Å². The maximum absolute atomic E-state index is 12.5. The molecule has 27 heavy (non-hydrogen) atoms. The lowest BCUT2D eigenvalue weighted by molar-refractivity contribution is -0.122. The minimum absolute atomic E-state index is 0.0359. The van der Waals surface area contributed by atoms with Crippen molar-refractivity contribution in [3.8, 4) is 11.5 Å². The lowest BCUT2D eigenvalue weighted by Crippen LogP contribution is -2.54. The van der Waals surface area contributed by atoms with Crippen molar-refractivity contribution in [1.29, 1.82) is 0 Å². The van der Waals surface area contributed by atoms with Crippen molar-refractivity contribution in [3.63, 3.8) is 0 Å². The van der Waals surface area contributed by atoms with Crippen LogP contribution in [0.15, 0.2) is 42.5 Å². The fraction of sp³-hybridized carbons (Fsp3) is 0.222. The summed E-state index contributed by atoms with van der Waals surface area (Å²) in [5.74, 6) is -1.62. The molecule has 2 aromatic carbocycles. The van der Waals surface area contributed by atoms with Gasteiger partial charge in [0.1, 0.15) is 17.5 Å². The molecule has 0 spiro atoms. The largest absolute Gasteiger partial charge is 0.547 e. The first-order chi connectivity index (χ1) is 12.9. The summed E-state index contributed by atoms with van der Waals surface area (Å²) in [4.78, 5) is 23.7. The molecule has 0 aromatic heterocycles. The van der Waals surface area contributed by atoms with Crippen molar-refractivity contribution in [3.05, 3.63) is 59.2 Å². The topological polar surface area (TPSA) is 131 Å². The zero-order valence-electron chi connectivity index (χ0n) is 14.6. The molecule has 5 N–H and O–H groups in total. The van der Waals surface area contributed by atoms with E-state index in [9.17, 15) is 19.7 Å². The molecule has 0 aliphatic carbocycles. The smallest absolute Gasteiger partial charge is 0.534 e. The van der Waals surface area contributed by atoms with Gasteiger partial charge in [-0.3, -0.25) is 4.79 Å². The van der Waals surface area contributed by atoms with Crippen LogP contribution in [0.4, 0.5) is 0 Å². The van der Waals surface area contributed by atoms with Gasteiger partial charge in [0.2, 0.25) is 5.91 Å². The normalized spacial score (nSPS) is 16.7. The highest BCUT2D eigenvalue weighted by molar-refractivity contribution is 6.47. The molecule has 0 radical (unpaired) electrons. The third-order valence-corrected chi connectivity index (χ3v) is 4.43. The lowest BCUT2D eigenvalue weighted by atomic mass is 9.72. The van der Waals surface area contributed by atoms with Crippen molar-refractivity contribution in [2.45, 2.75) is 18.4 Å². The number of carboxylic acids is 1. The van der Waals surface area contributed by atoms with Crippen molar-refractivity contribution >= 4 is 19.0 Å². The van der Waals surface area contributed by atoms with Gasteiger partial charge in [-0.1, -0.05) is 24.3 Å². The van der Waals surface area contributed by atoms with Gasteiger partial charge in [0, 0.05) is 0 Å². The number of rotatable bonds is 5. The number of carbonyl (C=O) groups is 2. The van der Waals surface area contributed by atoms with Gasteiger partial charge in [0.05, 0.1) is 18.6 Å². The van der Waals surface area contributed by atoms with E-state index in [0.717, 1.165) is 0 Å². The molecule has 9 heteroatoms. The number of fused-ring (bicyclic) bond motifs is 1. The Kier molecular flexibility index (Phi) is 5.34. The molecule has 0 unspecified atom stereocenters. The van der Waals surface area contributed by atoms with Crippen LogP contribution in [0.25, 0.3) is 0 Å². The number of nitrogens with one attached hydrogen (secondary N) is 1. The molecule has 3 rings (SSSR count). The summed E-state index contributed by atoms with van der Waals surface area (Å²) in [5, 5.41) is 22.1. The number of hydrogen-bond donors (Lipinski definition) is 4. The second kappa shape index (κ2) is 7.69. The van der Waals surface area contributed by atoms with E-state index in [4.69, 9.17) is 15.1 Å². The van der Waals surface area contributed by atoms with E-state index in [-0.39, 0.29) is 17.7 Å². The molecule has 0 bridgehead atoms. The number of aromatic carboxylic acids is 1. The average molecular weight is 370 g/mol. The van der Waals surface area contributed by atoms with E-state index in [0.29, 0.717) is 16.9 Å². The molecule has 0 saturated heterocycles. The molecule has 140 valence electrons. The second-order valence-corrected chi connectivity index (χ2v) is 6.18. The van der Waals surface area contributed by atoms with Gasteiger partial charge in [0.15, 0.2) is 0 Å². The Morgan fingerprint density at radius 2 is 2.00 bits per heavy atom. The number of ether oxygens (including phenoxy) is 1.